The normalized spacial score (nSPS) is 15.9. The van der Waals surface area contributed by atoms with Gasteiger partial charge >= 0.3 is 0 Å². The van der Waals surface area contributed by atoms with Crippen LogP contribution in [0.25, 0.3) is 16.9 Å². The first-order valence-electron chi connectivity index (χ1n) is 8.98. The fourth-order valence-corrected chi connectivity index (χ4v) is 3.47. The number of nitrogens with one attached hydrogen (secondary N) is 1. The van der Waals surface area contributed by atoms with E-state index in [9.17, 15) is 4.39 Å². The highest BCUT2D eigenvalue weighted by atomic mass is 19.1. The molecule has 6 heteroatoms. The van der Waals surface area contributed by atoms with Crippen molar-refractivity contribution in [3.05, 3.63) is 54.1 Å². The van der Waals surface area contributed by atoms with Crippen molar-refractivity contribution < 1.29 is 9.13 Å². The predicted molar refractivity (Wildman–Crippen MR) is 99.9 cm³/mol. The molecule has 26 heavy (non-hydrogen) atoms. The maximum absolute atomic E-state index is 13.9. The van der Waals surface area contributed by atoms with Crippen molar-refractivity contribution in [1.82, 2.24) is 19.6 Å². The summed E-state index contributed by atoms with van der Waals surface area (Å²) in [7, 11) is 1.65. The van der Waals surface area contributed by atoms with Crippen molar-refractivity contribution in [3.8, 4) is 17.0 Å². The van der Waals surface area contributed by atoms with E-state index in [4.69, 9.17) is 9.72 Å². The van der Waals surface area contributed by atoms with Crippen LogP contribution in [0.15, 0.2) is 42.6 Å². The maximum Gasteiger partial charge on any atom is 0.139 e. The summed E-state index contributed by atoms with van der Waals surface area (Å²) in [6, 6.07) is 11.1. The van der Waals surface area contributed by atoms with Crippen LogP contribution in [-0.4, -0.2) is 47.6 Å². The molecule has 1 aromatic carbocycles. The third-order valence-corrected chi connectivity index (χ3v) is 4.85. The van der Waals surface area contributed by atoms with Crippen LogP contribution >= 0.6 is 0 Å². The summed E-state index contributed by atoms with van der Waals surface area (Å²) in [5.74, 6) is 0.554. The first kappa shape index (κ1) is 17.0. The lowest BCUT2D eigenvalue weighted by molar-refractivity contribution is 0.280. The number of pyridine rings is 1. The second kappa shape index (κ2) is 7.43. The molecule has 0 radical (unpaired) electrons. The highest BCUT2D eigenvalue weighted by Crippen LogP contribution is 2.27. The number of ether oxygens (including phenoxy) is 1. The van der Waals surface area contributed by atoms with Gasteiger partial charge in [0.1, 0.15) is 17.2 Å². The molecule has 0 unspecified atom stereocenters. The van der Waals surface area contributed by atoms with Gasteiger partial charge in [0.25, 0.3) is 0 Å². The average Bonchev–Trinajstić information content (AvgIpc) is 2.83. The molecule has 0 bridgehead atoms. The number of benzene rings is 1. The zero-order chi connectivity index (χ0) is 17.9. The number of fused-ring (bicyclic) bond motifs is 1. The molecule has 3 aromatic rings. The molecule has 0 saturated carbocycles. The van der Waals surface area contributed by atoms with E-state index >= 15 is 0 Å². The lowest BCUT2D eigenvalue weighted by Gasteiger charge is -2.20. The van der Waals surface area contributed by atoms with Crippen molar-refractivity contribution in [2.75, 3.05) is 33.3 Å². The fourth-order valence-electron chi connectivity index (χ4n) is 3.47. The summed E-state index contributed by atoms with van der Waals surface area (Å²) in [6.07, 6.45) is 2.64. The Kier molecular flexibility index (Phi) is 4.86. The summed E-state index contributed by atoms with van der Waals surface area (Å²) in [5, 5.41) is 3.42. The van der Waals surface area contributed by atoms with Gasteiger partial charge in [-0.15, -0.1) is 0 Å². The van der Waals surface area contributed by atoms with E-state index in [0.717, 1.165) is 67.5 Å². The van der Waals surface area contributed by atoms with Gasteiger partial charge in [-0.3, -0.25) is 9.30 Å². The van der Waals surface area contributed by atoms with Crippen LogP contribution in [0.3, 0.4) is 0 Å². The Morgan fingerprint density at radius 2 is 1.96 bits per heavy atom. The van der Waals surface area contributed by atoms with Gasteiger partial charge in [-0.05, 0) is 55.9 Å². The zero-order valence-corrected chi connectivity index (χ0v) is 14.9. The highest BCUT2D eigenvalue weighted by Gasteiger charge is 2.18. The molecule has 0 amide bonds. The number of hydrogen-bond donors (Lipinski definition) is 1. The minimum absolute atomic E-state index is 0.255. The van der Waals surface area contributed by atoms with E-state index in [1.54, 1.807) is 13.2 Å². The van der Waals surface area contributed by atoms with Crippen LogP contribution in [0.2, 0.25) is 0 Å². The van der Waals surface area contributed by atoms with Gasteiger partial charge in [0.2, 0.25) is 0 Å². The Morgan fingerprint density at radius 3 is 2.77 bits per heavy atom. The number of hydrogen-bond acceptors (Lipinski definition) is 4. The van der Waals surface area contributed by atoms with E-state index in [-0.39, 0.29) is 5.82 Å². The van der Waals surface area contributed by atoms with Crippen molar-refractivity contribution in [1.29, 1.82) is 0 Å². The quantitative estimate of drug-likeness (QED) is 0.782. The molecule has 2 aromatic heterocycles. The van der Waals surface area contributed by atoms with Crippen LogP contribution < -0.4 is 10.1 Å². The second-order valence-corrected chi connectivity index (χ2v) is 6.59. The van der Waals surface area contributed by atoms with E-state index in [2.05, 4.69) is 10.2 Å². The molecule has 0 spiro atoms. The number of rotatable bonds is 4. The van der Waals surface area contributed by atoms with Gasteiger partial charge in [-0.25, -0.2) is 9.37 Å². The SMILES string of the molecule is COc1ccc(-c2nc3ccc(F)cn3c2CN2CCCNCC2)cc1. The highest BCUT2D eigenvalue weighted by molar-refractivity contribution is 5.67. The summed E-state index contributed by atoms with van der Waals surface area (Å²) < 4.78 is 21.0. The van der Waals surface area contributed by atoms with E-state index in [0.29, 0.717) is 0 Å². The second-order valence-electron chi connectivity index (χ2n) is 6.59. The molecule has 5 nitrogen and oxygen atoms in total. The topological polar surface area (TPSA) is 41.8 Å². The summed E-state index contributed by atoms with van der Waals surface area (Å²) in [5.41, 5.74) is 3.69. The smallest absolute Gasteiger partial charge is 0.139 e. The Labute approximate surface area is 152 Å². The fraction of sp³-hybridized carbons (Fsp3) is 0.350. The first-order chi connectivity index (χ1) is 12.7. The van der Waals surface area contributed by atoms with Crippen molar-refractivity contribution >= 4 is 5.65 Å². The third kappa shape index (κ3) is 3.43. The average molecular weight is 354 g/mol. The molecular formula is C20H23FN4O. The largest absolute Gasteiger partial charge is 0.497 e. The maximum atomic E-state index is 13.9. The number of nitrogens with zero attached hydrogens (tertiary/aromatic N) is 3. The van der Waals surface area contributed by atoms with Crippen LogP contribution in [0, 0.1) is 5.82 Å². The van der Waals surface area contributed by atoms with E-state index in [1.165, 1.54) is 12.3 Å². The summed E-state index contributed by atoms with van der Waals surface area (Å²) in [6.45, 7) is 4.77. The minimum atomic E-state index is -0.255. The zero-order valence-electron chi connectivity index (χ0n) is 14.9. The van der Waals surface area contributed by atoms with E-state index in [1.807, 2.05) is 28.7 Å². The molecule has 1 fully saturated rings. The van der Waals surface area contributed by atoms with Crippen molar-refractivity contribution in [2.45, 2.75) is 13.0 Å². The third-order valence-electron chi connectivity index (χ3n) is 4.85. The molecule has 1 aliphatic heterocycles. The Bertz CT molecular complexity index is 883. The van der Waals surface area contributed by atoms with Gasteiger partial charge < -0.3 is 10.1 Å². The molecule has 4 rings (SSSR count). The number of aromatic nitrogens is 2. The van der Waals surface area contributed by atoms with Crippen LogP contribution in [-0.2, 0) is 6.54 Å². The summed E-state index contributed by atoms with van der Waals surface area (Å²) >= 11 is 0. The molecule has 3 heterocycles. The lowest BCUT2D eigenvalue weighted by atomic mass is 10.1. The van der Waals surface area contributed by atoms with Crippen LogP contribution in [0.5, 0.6) is 5.75 Å². The molecule has 1 aliphatic rings. The molecule has 0 aliphatic carbocycles. The Hall–Kier alpha value is -2.44. The van der Waals surface area contributed by atoms with Gasteiger partial charge in [0, 0.05) is 31.4 Å². The van der Waals surface area contributed by atoms with E-state index < -0.39 is 0 Å². The standard InChI is InChI=1S/C20H23FN4O/c1-26-17-6-3-15(4-7-17)20-18(14-24-11-2-9-22-10-12-24)25-13-16(21)5-8-19(25)23-20/h3-8,13,22H,2,9-12,14H2,1H3. The van der Waals surface area contributed by atoms with Crippen molar-refractivity contribution in [2.24, 2.45) is 0 Å². The van der Waals surface area contributed by atoms with Crippen LogP contribution in [0.4, 0.5) is 4.39 Å². The number of halogens is 1. The number of imidazole rings is 1. The van der Waals surface area contributed by atoms with Crippen LogP contribution in [0.1, 0.15) is 12.1 Å². The molecule has 1 saturated heterocycles. The van der Waals surface area contributed by atoms with Gasteiger partial charge in [0.05, 0.1) is 18.5 Å². The molecule has 0 atom stereocenters. The summed E-state index contributed by atoms with van der Waals surface area (Å²) in [4.78, 5) is 7.19. The Morgan fingerprint density at radius 1 is 1.12 bits per heavy atom. The monoisotopic (exact) mass is 354 g/mol. The van der Waals surface area contributed by atoms with Gasteiger partial charge in [-0.1, -0.05) is 0 Å². The molecular weight excluding hydrogens is 331 g/mol. The van der Waals surface area contributed by atoms with Gasteiger partial charge in [-0.2, -0.15) is 0 Å². The van der Waals surface area contributed by atoms with Gasteiger partial charge in [0.15, 0.2) is 0 Å². The minimum Gasteiger partial charge on any atom is -0.497 e. The van der Waals surface area contributed by atoms with Crippen molar-refractivity contribution in [3.63, 3.8) is 0 Å². The Balaban J connectivity index is 1.77. The molecule has 136 valence electrons. The molecule has 1 N–H and O–H groups in total. The lowest BCUT2D eigenvalue weighted by Crippen LogP contribution is -2.28. The predicted octanol–water partition coefficient (Wildman–Crippen LogP) is 2.94. The first-order valence-corrected chi connectivity index (χ1v) is 8.98. The number of methoxy groups -OCH3 is 1.